The zero-order chi connectivity index (χ0) is 13.7. The standard InChI is InChI=1S/C14H18ClN3O/c1-3-8-16-9-7-13-17-18-14(19-13)11-5-4-6-12(15)10(11)2/h4-6,16H,3,7-9H2,1-2H3. The van der Waals surface area contributed by atoms with Crippen LogP contribution in [0.3, 0.4) is 0 Å². The van der Waals surface area contributed by atoms with Crippen LogP contribution in [-0.4, -0.2) is 23.3 Å². The minimum Gasteiger partial charge on any atom is -0.421 e. The van der Waals surface area contributed by atoms with Gasteiger partial charge in [-0.2, -0.15) is 0 Å². The minimum atomic E-state index is 0.533. The van der Waals surface area contributed by atoms with Crippen molar-refractivity contribution < 1.29 is 4.42 Å². The molecule has 0 amide bonds. The van der Waals surface area contributed by atoms with Crippen molar-refractivity contribution in [3.63, 3.8) is 0 Å². The molecule has 0 atom stereocenters. The van der Waals surface area contributed by atoms with Gasteiger partial charge in [-0.25, -0.2) is 0 Å². The molecule has 0 aliphatic rings. The van der Waals surface area contributed by atoms with Crippen LogP contribution in [0, 0.1) is 6.92 Å². The summed E-state index contributed by atoms with van der Waals surface area (Å²) in [5, 5.41) is 12.2. The van der Waals surface area contributed by atoms with Gasteiger partial charge in [0.15, 0.2) is 0 Å². The molecule has 0 spiro atoms. The first-order valence-corrected chi connectivity index (χ1v) is 6.88. The number of benzene rings is 1. The Bertz CT molecular complexity index is 539. The Hall–Kier alpha value is -1.39. The fourth-order valence-electron chi connectivity index (χ4n) is 1.80. The second kappa shape index (κ2) is 6.68. The lowest BCUT2D eigenvalue weighted by Gasteiger charge is -2.02. The topological polar surface area (TPSA) is 51.0 Å². The highest BCUT2D eigenvalue weighted by atomic mass is 35.5. The van der Waals surface area contributed by atoms with Gasteiger partial charge in [-0.05, 0) is 37.6 Å². The Morgan fingerprint density at radius 2 is 2.11 bits per heavy atom. The van der Waals surface area contributed by atoms with E-state index in [0.29, 0.717) is 16.8 Å². The van der Waals surface area contributed by atoms with Gasteiger partial charge >= 0.3 is 0 Å². The van der Waals surface area contributed by atoms with Crippen LogP contribution >= 0.6 is 11.6 Å². The number of hydrogen-bond donors (Lipinski definition) is 1. The summed E-state index contributed by atoms with van der Waals surface area (Å²) in [5.74, 6) is 1.18. The number of hydrogen-bond acceptors (Lipinski definition) is 4. The monoisotopic (exact) mass is 279 g/mol. The number of rotatable bonds is 6. The SMILES string of the molecule is CCCNCCc1nnc(-c2cccc(Cl)c2C)o1. The maximum absolute atomic E-state index is 6.09. The predicted octanol–water partition coefficient (Wildman–Crippen LogP) is 3.24. The zero-order valence-electron chi connectivity index (χ0n) is 11.2. The second-order valence-electron chi connectivity index (χ2n) is 4.41. The highest BCUT2D eigenvalue weighted by Gasteiger charge is 2.12. The van der Waals surface area contributed by atoms with E-state index in [4.69, 9.17) is 16.0 Å². The molecule has 0 radical (unpaired) electrons. The van der Waals surface area contributed by atoms with Crippen molar-refractivity contribution in [2.45, 2.75) is 26.7 Å². The molecule has 1 aromatic heterocycles. The lowest BCUT2D eigenvalue weighted by Crippen LogP contribution is -2.17. The highest BCUT2D eigenvalue weighted by molar-refractivity contribution is 6.31. The number of halogens is 1. The van der Waals surface area contributed by atoms with Crippen molar-refractivity contribution in [1.29, 1.82) is 0 Å². The van der Waals surface area contributed by atoms with Crippen LogP contribution in [0.1, 0.15) is 24.8 Å². The van der Waals surface area contributed by atoms with Crippen LogP contribution < -0.4 is 5.32 Å². The Kier molecular flexibility index (Phi) is 4.93. The van der Waals surface area contributed by atoms with E-state index in [-0.39, 0.29) is 0 Å². The molecule has 0 aliphatic carbocycles. The molecular formula is C14H18ClN3O. The molecule has 102 valence electrons. The van der Waals surface area contributed by atoms with E-state index in [2.05, 4.69) is 22.4 Å². The van der Waals surface area contributed by atoms with Gasteiger partial charge in [0.25, 0.3) is 0 Å². The van der Waals surface area contributed by atoms with Gasteiger partial charge in [-0.15, -0.1) is 10.2 Å². The summed E-state index contributed by atoms with van der Waals surface area (Å²) < 4.78 is 5.66. The summed E-state index contributed by atoms with van der Waals surface area (Å²) in [7, 11) is 0. The Morgan fingerprint density at radius 1 is 1.26 bits per heavy atom. The van der Waals surface area contributed by atoms with Crippen LogP contribution in [0.25, 0.3) is 11.5 Å². The van der Waals surface area contributed by atoms with Crippen LogP contribution in [-0.2, 0) is 6.42 Å². The average Bonchev–Trinajstić information content (AvgIpc) is 2.87. The quantitative estimate of drug-likeness (QED) is 0.825. The van der Waals surface area contributed by atoms with Crippen LogP contribution in [0.4, 0.5) is 0 Å². The van der Waals surface area contributed by atoms with Crippen molar-refractivity contribution >= 4 is 11.6 Å². The van der Waals surface area contributed by atoms with Crippen molar-refractivity contribution in [2.75, 3.05) is 13.1 Å². The van der Waals surface area contributed by atoms with Crippen LogP contribution in [0.2, 0.25) is 5.02 Å². The lowest BCUT2D eigenvalue weighted by molar-refractivity contribution is 0.494. The van der Waals surface area contributed by atoms with E-state index >= 15 is 0 Å². The molecule has 1 aromatic carbocycles. The van der Waals surface area contributed by atoms with Crippen molar-refractivity contribution in [2.24, 2.45) is 0 Å². The molecule has 2 aromatic rings. The van der Waals surface area contributed by atoms with Gasteiger partial charge in [0.05, 0.1) is 0 Å². The normalized spacial score (nSPS) is 10.9. The third-order valence-corrected chi connectivity index (χ3v) is 3.32. The van der Waals surface area contributed by atoms with Gasteiger partial charge in [0.2, 0.25) is 11.8 Å². The molecule has 1 N–H and O–H groups in total. The Balaban J connectivity index is 2.06. The minimum absolute atomic E-state index is 0.533. The molecule has 5 heteroatoms. The molecule has 19 heavy (non-hydrogen) atoms. The van der Waals surface area contributed by atoms with Crippen molar-refractivity contribution in [3.8, 4) is 11.5 Å². The third kappa shape index (κ3) is 3.55. The zero-order valence-corrected chi connectivity index (χ0v) is 12.0. The highest BCUT2D eigenvalue weighted by Crippen LogP contribution is 2.27. The third-order valence-electron chi connectivity index (χ3n) is 2.91. The van der Waals surface area contributed by atoms with E-state index in [1.54, 1.807) is 0 Å². The smallest absolute Gasteiger partial charge is 0.248 e. The molecule has 2 rings (SSSR count). The van der Waals surface area contributed by atoms with E-state index in [0.717, 1.165) is 37.1 Å². The predicted molar refractivity (Wildman–Crippen MR) is 76.3 cm³/mol. The van der Waals surface area contributed by atoms with E-state index in [9.17, 15) is 0 Å². The fourth-order valence-corrected chi connectivity index (χ4v) is 1.97. The largest absolute Gasteiger partial charge is 0.421 e. The van der Waals surface area contributed by atoms with Gasteiger partial charge in [0, 0.05) is 23.6 Å². The second-order valence-corrected chi connectivity index (χ2v) is 4.82. The lowest BCUT2D eigenvalue weighted by atomic mass is 10.1. The van der Waals surface area contributed by atoms with Gasteiger partial charge < -0.3 is 9.73 Å². The first-order chi connectivity index (χ1) is 9.22. The molecule has 1 heterocycles. The van der Waals surface area contributed by atoms with Crippen LogP contribution in [0.5, 0.6) is 0 Å². The fraction of sp³-hybridized carbons (Fsp3) is 0.429. The Morgan fingerprint density at radius 3 is 2.89 bits per heavy atom. The molecule has 0 saturated carbocycles. The van der Waals surface area contributed by atoms with Crippen LogP contribution in [0.15, 0.2) is 22.6 Å². The van der Waals surface area contributed by atoms with E-state index in [1.165, 1.54) is 0 Å². The maximum atomic E-state index is 6.09. The van der Waals surface area contributed by atoms with Crippen molar-refractivity contribution in [3.05, 3.63) is 34.7 Å². The van der Waals surface area contributed by atoms with Gasteiger partial charge in [-0.1, -0.05) is 24.6 Å². The Labute approximate surface area is 118 Å². The molecule has 0 fully saturated rings. The average molecular weight is 280 g/mol. The maximum Gasteiger partial charge on any atom is 0.248 e. The summed E-state index contributed by atoms with van der Waals surface area (Å²) in [4.78, 5) is 0. The summed E-state index contributed by atoms with van der Waals surface area (Å²) in [6.45, 7) is 5.95. The molecule has 0 aliphatic heterocycles. The number of nitrogens with zero attached hydrogens (tertiary/aromatic N) is 2. The first kappa shape index (κ1) is 14.0. The molecule has 0 unspecified atom stereocenters. The van der Waals surface area contributed by atoms with Gasteiger partial charge in [0.1, 0.15) is 0 Å². The van der Waals surface area contributed by atoms with Gasteiger partial charge in [-0.3, -0.25) is 0 Å². The molecule has 0 bridgehead atoms. The molecular weight excluding hydrogens is 262 g/mol. The number of aromatic nitrogens is 2. The van der Waals surface area contributed by atoms with E-state index < -0.39 is 0 Å². The molecule has 0 saturated heterocycles. The summed E-state index contributed by atoms with van der Waals surface area (Å²) in [5.41, 5.74) is 1.86. The summed E-state index contributed by atoms with van der Waals surface area (Å²) in [6, 6.07) is 5.68. The van der Waals surface area contributed by atoms with E-state index in [1.807, 2.05) is 25.1 Å². The summed E-state index contributed by atoms with van der Waals surface area (Å²) in [6.07, 6.45) is 1.86. The summed E-state index contributed by atoms with van der Waals surface area (Å²) >= 11 is 6.09. The molecule has 4 nitrogen and oxygen atoms in total. The number of nitrogens with one attached hydrogen (secondary N) is 1. The van der Waals surface area contributed by atoms with Crippen molar-refractivity contribution in [1.82, 2.24) is 15.5 Å². The first-order valence-electron chi connectivity index (χ1n) is 6.51.